The number of carbonyl (C=O) groups excluding carboxylic acids is 1. The molecule has 0 aliphatic carbocycles. The quantitative estimate of drug-likeness (QED) is 0.503. The maximum Gasteiger partial charge on any atom is 0.267 e. The second-order valence-electron chi connectivity index (χ2n) is 4.62. The summed E-state index contributed by atoms with van der Waals surface area (Å²) in [4.78, 5) is 11.1. The molecule has 5 nitrogen and oxygen atoms in total. The molecule has 2 aromatic rings. The maximum atomic E-state index is 12.3. The van der Waals surface area contributed by atoms with Crippen molar-refractivity contribution in [1.29, 1.82) is 0 Å². The minimum Gasteiger partial charge on any atom is -0.288 e. The molecule has 0 heterocycles. The summed E-state index contributed by atoms with van der Waals surface area (Å²) in [5, 5.41) is 8.37. The van der Waals surface area contributed by atoms with Gasteiger partial charge in [0, 0.05) is 6.08 Å². The van der Waals surface area contributed by atoms with E-state index in [-0.39, 0.29) is 10.6 Å². The van der Waals surface area contributed by atoms with Gasteiger partial charge < -0.3 is 0 Å². The average Bonchev–Trinajstić information content (AvgIpc) is 2.53. The van der Waals surface area contributed by atoms with Crippen LogP contribution in [-0.4, -0.2) is 19.5 Å². The number of benzene rings is 2. The Kier molecular flexibility index (Phi) is 5.08. The first kappa shape index (κ1) is 15.9. The van der Waals surface area contributed by atoms with E-state index in [1.807, 2.05) is 6.07 Å². The van der Waals surface area contributed by atoms with Crippen molar-refractivity contribution in [3.05, 3.63) is 71.8 Å². The fourth-order valence-corrected chi connectivity index (χ4v) is 3.22. The lowest BCUT2D eigenvalue weighted by Crippen LogP contribution is -2.14. The van der Waals surface area contributed by atoms with Crippen LogP contribution < -0.4 is 5.48 Å². The number of hydrogen-bond acceptors (Lipinski definition) is 4. The van der Waals surface area contributed by atoms with Gasteiger partial charge in [-0.2, -0.15) is 0 Å². The van der Waals surface area contributed by atoms with Crippen molar-refractivity contribution < 1.29 is 18.4 Å². The predicted molar refractivity (Wildman–Crippen MR) is 82.7 cm³/mol. The van der Waals surface area contributed by atoms with Crippen LogP contribution in [0.5, 0.6) is 0 Å². The molecule has 1 amide bonds. The van der Waals surface area contributed by atoms with Gasteiger partial charge in [-0.25, -0.2) is 13.9 Å². The summed E-state index contributed by atoms with van der Waals surface area (Å²) in [7, 11) is -3.41. The highest BCUT2D eigenvalue weighted by atomic mass is 32.2. The molecule has 0 aromatic heterocycles. The average molecular weight is 317 g/mol. The molecule has 0 saturated heterocycles. The van der Waals surface area contributed by atoms with Crippen LogP contribution in [0.1, 0.15) is 11.1 Å². The number of hydroxylamine groups is 1. The molecule has 0 bridgehead atoms. The number of rotatable bonds is 5. The summed E-state index contributed by atoms with van der Waals surface area (Å²) < 4.78 is 24.6. The van der Waals surface area contributed by atoms with Crippen LogP contribution in [0.2, 0.25) is 0 Å². The first-order chi connectivity index (χ1) is 10.5. The van der Waals surface area contributed by atoms with Gasteiger partial charge in [-0.3, -0.25) is 10.0 Å². The van der Waals surface area contributed by atoms with Crippen LogP contribution in [0.25, 0.3) is 6.08 Å². The van der Waals surface area contributed by atoms with Crippen LogP contribution in [0.3, 0.4) is 0 Å². The van der Waals surface area contributed by atoms with Gasteiger partial charge in [-0.05, 0) is 29.3 Å². The molecular weight excluding hydrogens is 302 g/mol. The van der Waals surface area contributed by atoms with Crippen molar-refractivity contribution >= 4 is 21.8 Å². The second-order valence-corrected chi connectivity index (χ2v) is 6.61. The summed E-state index contributed by atoms with van der Waals surface area (Å²) in [5.74, 6) is -0.712. The molecule has 0 atom stereocenters. The van der Waals surface area contributed by atoms with Gasteiger partial charge in [0.25, 0.3) is 5.91 Å². The van der Waals surface area contributed by atoms with Crippen molar-refractivity contribution in [2.75, 3.05) is 0 Å². The van der Waals surface area contributed by atoms with Crippen molar-refractivity contribution in [3.63, 3.8) is 0 Å². The molecule has 114 valence electrons. The van der Waals surface area contributed by atoms with E-state index in [9.17, 15) is 13.2 Å². The van der Waals surface area contributed by atoms with Gasteiger partial charge in [-0.1, -0.05) is 42.5 Å². The van der Waals surface area contributed by atoms with Crippen molar-refractivity contribution in [1.82, 2.24) is 5.48 Å². The molecule has 0 saturated carbocycles. The molecule has 2 N–H and O–H groups in total. The van der Waals surface area contributed by atoms with Gasteiger partial charge in [0.2, 0.25) is 0 Å². The Labute approximate surface area is 128 Å². The lowest BCUT2D eigenvalue weighted by atomic mass is 10.2. The van der Waals surface area contributed by atoms with Crippen LogP contribution in [0.4, 0.5) is 0 Å². The minimum absolute atomic E-state index is 0.0596. The summed E-state index contributed by atoms with van der Waals surface area (Å²) in [6, 6.07) is 15.1. The van der Waals surface area contributed by atoms with Gasteiger partial charge in [-0.15, -0.1) is 0 Å². The highest BCUT2D eigenvalue weighted by Gasteiger charge is 2.14. The van der Waals surface area contributed by atoms with Crippen LogP contribution in [0.15, 0.2) is 65.6 Å². The van der Waals surface area contributed by atoms with E-state index >= 15 is 0 Å². The highest BCUT2D eigenvalue weighted by molar-refractivity contribution is 7.90. The molecule has 0 radical (unpaired) electrons. The van der Waals surface area contributed by atoms with E-state index in [4.69, 9.17) is 5.21 Å². The largest absolute Gasteiger partial charge is 0.288 e. The Balaban J connectivity index is 2.15. The van der Waals surface area contributed by atoms with E-state index < -0.39 is 15.7 Å². The van der Waals surface area contributed by atoms with E-state index in [0.717, 1.165) is 11.6 Å². The van der Waals surface area contributed by atoms with Crippen molar-refractivity contribution in [2.45, 2.75) is 10.6 Å². The molecule has 0 aliphatic heterocycles. The van der Waals surface area contributed by atoms with Gasteiger partial charge >= 0.3 is 0 Å². The predicted octanol–water partition coefficient (Wildman–Crippen LogP) is 2.18. The van der Waals surface area contributed by atoms with E-state index in [1.54, 1.807) is 36.4 Å². The third kappa shape index (κ3) is 4.28. The maximum absolute atomic E-state index is 12.3. The zero-order valence-electron chi connectivity index (χ0n) is 11.6. The third-order valence-electron chi connectivity index (χ3n) is 2.98. The standard InChI is InChI=1S/C16H15NO4S/c18-16(17-19)11-8-13-6-9-15(10-7-13)22(20,21)12-14-4-2-1-3-5-14/h1-11,19H,12H2,(H,17,18)/b11-8+. The molecule has 2 aromatic carbocycles. The molecule has 22 heavy (non-hydrogen) atoms. The highest BCUT2D eigenvalue weighted by Crippen LogP contribution is 2.17. The smallest absolute Gasteiger partial charge is 0.267 e. The first-order valence-electron chi connectivity index (χ1n) is 6.50. The summed E-state index contributed by atoms with van der Waals surface area (Å²) in [6.45, 7) is 0. The summed E-state index contributed by atoms with van der Waals surface area (Å²) >= 11 is 0. The van der Waals surface area contributed by atoms with Crippen LogP contribution in [0, 0.1) is 0 Å². The third-order valence-corrected chi connectivity index (χ3v) is 4.68. The van der Waals surface area contributed by atoms with Gasteiger partial charge in [0.1, 0.15) is 0 Å². The molecule has 6 heteroatoms. The van der Waals surface area contributed by atoms with Crippen LogP contribution in [-0.2, 0) is 20.4 Å². The number of hydrogen-bond donors (Lipinski definition) is 2. The van der Waals surface area contributed by atoms with Crippen molar-refractivity contribution in [3.8, 4) is 0 Å². The van der Waals surface area contributed by atoms with Crippen LogP contribution >= 0.6 is 0 Å². The topological polar surface area (TPSA) is 83.5 Å². The normalized spacial score (nSPS) is 11.5. The molecule has 0 spiro atoms. The van der Waals surface area contributed by atoms with Gasteiger partial charge in [0.15, 0.2) is 9.84 Å². The van der Waals surface area contributed by atoms with Gasteiger partial charge in [0.05, 0.1) is 10.6 Å². The first-order valence-corrected chi connectivity index (χ1v) is 8.15. The van der Waals surface area contributed by atoms with Crippen molar-refractivity contribution in [2.24, 2.45) is 0 Å². The molecule has 0 fully saturated rings. The number of nitrogens with one attached hydrogen (secondary N) is 1. The summed E-state index contributed by atoms with van der Waals surface area (Å²) in [5.41, 5.74) is 2.86. The second kappa shape index (κ2) is 7.02. The minimum atomic E-state index is -3.41. The zero-order chi connectivity index (χ0) is 16.0. The van der Waals surface area contributed by atoms with E-state index in [0.29, 0.717) is 5.56 Å². The lowest BCUT2D eigenvalue weighted by molar-refractivity contribution is -0.124. The Morgan fingerprint density at radius 1 is 1.05 bits per heavy atom. The monoisotopic (exact) mass is 317 g/mol. The molecule has 0 aliphatic rings. The molecule has 0 unspecified atom stereocenters. The lowest BCUT2D eigenvalue weighted by Gasteiger charge is -2.05. The van der Waals surface area contributed by atoms with E-state index in [2.05, 4.69) is 0 Å². The Bertz CT molecular complexity index is 766. The van der Waals surface area contributed by atoms with E-state index in [1.165, 1.54) is 23.7 Å². The number of sulfone groups is 1. The summed E-state index contributed by atoms with van der Waals surface area (Å²) in [6.07, 6.45) is 2.62. The molecule has 2 rings (SSSR count). The fraction of sp³-hybridized carbons (Fsp3) is 0.0625. The Hall–Kier alpha value is -2.44. The Morgan fingerprint density at radius 3 is 2.27 bits per heavy atom. The number of amides is 1. The Morgan fingerprint density at radius 2 is 1.68 bits per heavy atom. The molecular formula is C16H15NO4S. The number of carbonyl (C=O) groups is 1. The fourth-order valence-electron chi connectivity index (χ4n) is 1.87. The zero-order valence-corrected chi connectivity index (χ0v) is 12.5. The SMILES string of the molecule is O=C(/C=C/c1ccc(S(=O)(=O)Cc2ccccc2)cc1)NO.